The standard InChI is InChI=1S/C3H4.2ClH.Pt/c1-3-2;;;/h1-2H2;2*1H;/q;;;+2/p-2. The Balaban J connectivity index is 0. The molecule has 0 N–H and O–H groups in total. The van der Waals surface area contributed by atoms with Crippen LogP contribution >= 0.6 is 18.8 Å². The summed E-state index contributed by atoms with van der Waals surface area (Å²) in [5.41, 5.74) is 2.25. The SMILES string of the molecule is C=C=C.[Cl][Pt][Cl]. The molecule has 0 aromatic heterocycles. The summed E-state index contributed by atoms with van der Waals surface area (Å²) in [6, 6.07) is 0. The van der Waals surface area contributed by atoms with E-state index in [2.05, 4.69) is 18.9 Å². The molecule has 0 atom stereocenters. The monoisotopic (exact) mass is 305 g/mol. The zero-order chi connectivity index (χ0) is 5.41. The summed E-state index contributed by atoms with van der Waals surface area (Å²) in [7, 11) is 9.75. The van der Waals surface area contributed by atoms with Gasteiger partial charge in [-0.2, -0.15) is 0 Å². The summed E-state index contributed by atoms with van der Waals surface area (Å²) < 4.78 is 0. The Hall–Kier alpha value is 0.788. The second-order valence-corrected chi connectivity index (χ2v) is 3.58. The van der Waals surface area contributed by atoms with Crippen LogP contribution in [-0.4, -0.2) is 0 Å². The van der Waals surface area contributed by atoms with E-state index in [1.807, 2.05) is 0 Å². The first-order valence-corrected chi connectivity index (χ1v) is 6.58. The molecular formula is C3H4Cl2Pt. The van der Waals surface area contributed by atoms with E-state index in [1.54, 1.807) is 0 Å². The molecule has 0 heterocycles. The van der Waals surface area contributed by atoms with Crippen LogP contribution in [0.15, 0.2) is 18.9 Å². The topological polar surface area (TPSA) is 0 Å². The van der Waals surface area contributed by atoms with E-state index in [4.69, 9.17) is 18.8 Å². The van der Waals surface area contributed by atoms with Crippen molar-refractivity contribution in [2.75, 3.05) is 0 Å². The molecule has 0 nitrogen and oxygen atoms in total. The predicted octanol–water partition coefficient (Wildman–Crippen LogP) is 2.33. The second kappa shape index (κ2) is 17.1. The zero-order valence-electron chi connectivity index (χ0n) is 2.99. The van der Waals surface area contributed by atoms with Gasteiger partial charge < -0.3 is 0 Å². The minimum atomic E-state index is -0.472. The Bertz CT molecular complexity index is 38.1. The van der Waals surface area contributed by atoms with E-state index in [0.717, 1.165) is 0 Å². The molecule has 0 rings (SSSR count). The Kier molecular flexibility index (Phi) is 28.2. The van der Waals surface area contributed by atoms with Gasteiger partial charge in [0.15, 0.2) is 0 Å². The molecule has 0 saturated heterocycles. The fraction of sp³-hybridized carbons (Fsp3) is 0. The summed E-state index contributed by atoms with van der Waals surface area (Å²) >= 11 is -0.472. The van der Waals surface area contributed by atoms with Gasteiger partial charge in [0.1, 0.15) is 0 Å². The Morgan fingerprint density at radius 2 is 1.33 bits per heavy atom. The third kappa shape index (κ3) is 111. The molecule has 0 radical (unpaired) electrons. The van der Waals surface area contributed by atoms with Crippen molar-refractivity contribution in [3.8, 4) is 0 Å². The van der Waals surface area contributed by atoms with E-state index in [0.29, 0.717) is 0 Å². The summed E-state index contributed by atoms with van der Waals surface area (Å²) in [6.07, 6.45) is 0. The molecule has 0 saturated carbocycles. The van der Waals surface area contributed by atoms with Crippen molar-refractivity contribution in [3.05, 3.63) is 18.9 Å². The molecule has 0 bridgehead atoms. The summed E-state index contributed by atoms with van der Waals surface area (Å²) in [4.78, 5) is 0. The molecule has 0 aliphatic rings. The first kappa shape index (κ1) is 9.92. The van der Waals surface area contributed by atoms with E-state index in [-0.39, 0.29) is 0 Å². The van der Waals surface area contributed by atoms with Gasteiger partial charge in [-0.3, -0.25) is 0 Å². The van der Waals surface area contributed by atoms with Crippen LogP contribution in [0.1, 0.15) is 0 Å². The van der Waals surface area contributed by atoms with Crippen molar-refractivity contribution >= 4 is 18.8 Å². The van der Waals surface area contributed by atoms with Gasteiger partial charge in [0.05, 0.1) is 0 Å². The van der Waals surface area contributed by atoms with Crippen molar-refractivity contribution in [3.63, 3.8) is 0 Å². The average molecular weight is 306 g/mol. The summed E-state index contributed by atoms with van der Waals surface area (Å²) in [5, 5.41) is 0. The number of hydrogen-bond donors (Lipinski definition) is 0. The van der Waals surface area contributed by atoms with Gasteiger partial charge in [-0.15, -0.1) is 5.73 Å². The first-order chi connectivity index (χ1) is 2.83. The predicted molar refractivity (Wildman–Crippen MR) is 26.5 cm³/mol. The van der Waals surface area contributed by atoms with Crippen molar-refractivity contribution in [1.82, 2.24) is 0 Å². The Morgan fingerprint density at radius 1 is 1.33 bits per heavy atom. The molecule has 6 heavy (non-hydrogen) atoms. The minimum absolute atomic E-state index is 0.472. The maximum atomic E-state index is 4.88. The maximum absolute atomic E-state index is 4.88. The fourth-order valence-electron chi connectivity index (χ4n) is 0. The van der Waals surface area contributed by atoms with Crippen LogP contribution in [0.4, 0.5) is 0 Å². The molecule has 0 aromatic rings. The van der Waals surface area contributed by atoms with Crippen LogP contribution in [-0.2, 0) is 16.5 Å². The zero-order valence-corrected chi connectivity index (χ0v) is 6.77. The number of halogens is 2. The third-order valence-corrected chi connectivity index (χ3v) is 0. The Morgan fingerprint density at radius 3 is 1.33 bits per heavy atom. The van der Waals surface area contributed by atoms with Gasteiger partial charge in [0.25, 0.3) is 0 Å². The quantitative estimate of drug-likeness (QED) is 0.603. The van der Waals surface area contributed by atoms with Crippen LogP contribution < -0.4 is 0 Å². The molecule has 0 aromatic carbocycles. The van der Waals surface area contributed by atoms with Gasteiger partial charge in [0, 0.05) is 0 Å². The van der Waals surface area contributed by atoms with Crippen LogP contribution in [0.25, 0.3) is 0 Å². The Labute approximate surface area is 54.2 Å². The van der Waals surface area contributed by atoms with Gasteiger partial charge in [0.2, 0.25) is 0 Å². The van der Waals surface area contributed by atoms with Gasteiger partial charge in [-0.05, 0) is 0 Å². The molecule has 0 aliphatic heterocycles. The second-order valence-electron chi connectivity index (χ2n) is 0.295. The molecular weight excluding hydrogens is 302 g/mol. The van der Waals surface area contributed by atoms with E-state index < -0.39 is 16.5 Å². The summed E-state index contributed by atoms with van der Waals surface area (Å²) in [6.45, 7) is 6.25. The van der Waals surface area contributed by atoms with Crippen LogP contribution in [0.5, 0.6) is 0 Å². The van der Waals surface area contributed by atoms with Gasteiger partial charge >= 0.3 is 35.3 Å². The van der Waals surface area contributed by atoms with Gasteiger partial charge in [-0.1, -0.05) is 13.2 Å². The van der Waals surface area contributed by atoms with Crippen molar-refractivity contribution in [2.45, 2.75) is 0 Å². The fourth-order valence-corrected chi connectivity index (χ4v) is 0. The van der Waals surface area contributed by atoms with E-state index in [9.17, 15) is 0 Å². The summed E-state index contributed by atoms with van der Waals surface area (Å²) in [5.74, 6) is 0. The van der Waals surface area contributed by atoms with E-state index in [1.165, 1.54) is 0 Å². The average Bonchev–Trinajstić information content (AvgIpc) is 1.39. The molecule has 0 unspecified atom stereocenters. The van der Waals surface area contributed by atoms with Gasteiger partial charge in [-0.25, -0.2) is 0 Å². The van der Waals surface area contributed by atoms with E-state index >= 15 is 0 Å². The van der Waals surface area contributed by atoms with Crippen molar-refractivity contribution in [2.24, 2.45) is 0 Å². The molecule has 0 fully saturated rings. The first-order valence-electron chi connectivity index (χ1n) is 0.946. The van der Waals surface area contributed by atoms with Crippen LogP contribution in [0, 0.1) is 0 Å². The third-order valence-electron chi connectivity index (χ3n) is 0. The number of hydrogen-bond acceptors (Lipinski definition) is 0. The van der Waals surface area contributed by atoms with Crippen LogP contribution in [0.3, 0.4) is 0 Å². The molecule has 3 heteroatoms. The van der Waals surface area contributed by atoms with Crippen molar-refractivity contribution in [1.29, 1.82) is 0 Å². The van der Waals surface area contributed by atoms with Crippen LogP contribution in [0.2, 0.25) is 0 Å². The molecule has 0 aliphatic carbocycles. The van der Waals surface area contributed by atoms with Crippen molar-refractivity contribution < 1.29 is 16.5 Å². The molecule has 40 valence electrons. The molecule has 0 amide bonds. The number of rotatable bonds is 0. The normalized spacial score (nSPS) is 5.00. The molecule has 0 spiro atoms.